The van der Waals surface area contributed by atoms with Crippen LogP contribution in [0.25, 0.3) is 0 Å². The van der Waals surface area contributed by atoms with Gasteiger partial charge in [-0.3, -0.25) is 4.79 Å². The first-order valence-electron chi connectivity index (χ1n) is 7.17. The van der Waals surface area contributed by atoms with Crippen molar-refractivity contribution in [2.75, 3.05) is 6.61 Å². The summed E-state index contributed by atoms with van der Waals surface area (Å²) in [5.41, 5.74) is 1.06. The minimum atomic E-state index is -1.78. The van der Waals surface area contributed by atoms with Crippen LogP contribution in [0.3, 0.4) is 0 Å². The van der Waals surface area contributed by atoms with Gasteiger partial charge in [-0.25, -0.2) is 0 Å². The van der Waals surface area contributed by atoms with Crippen LogP contribution < -0.4 is 5.32 Å². The number of hydrogen-bond donors (Lipinski definition) is 1. The van der Waals surface area contributed by atoms with Gasteiger partial charge in [-0.1, -0.05) is 57.0 Å². The van der Waals surface area contributed by atoms with Crippen LogP contribution in [0, 0.1) is 11.8 Å². The maximum atomic E-state index is 11.6. The van der Waals surface area contributed by atoms with Crippen LogP contribution in [0.2, 0.25) is 18.1 Å². The summed E-state index contributed by atoms with van der Waals surface area (Å²) >= 11 is 0. The lowest BCUT2D eigenvalue weighted by atomic mass is 10.2. The van der Waals surface area contributed by atoms with E-state index in [4.69, 9.17) is 4.43 Å². The maximum absolute atomic E-state index is 11.6. The van der Waals surface area contributed by atoms with Crippen LogP contribution >= 0.6 is 0 Å². The summed E-state index contributed by atoms with van der Waals surface area (Å²) in [6, 6.07) is 9.77. The van der Waals surface area contributed by atoms with Gasteiger partial charge in [0.1, 0.15) is 0 Å². The molecule has 4 heteroatoms. The van der Waals surface area contributed by atoms with Crippen LogP contribution in [-0.2, 0) is 15.8 Å². The average Bonchev–Trinajstić information content (AvgIpc) is 2.41. The Morgan fingerprint density at radius 3 is 2.43 bits per heavy atom. The third kappa shape index (κ3) is 6.15. The third-order valence-corrected chi connectivity index (χ3v) is 8.29. The Balaban J connectivity index is 2.36. The molecule has 0 bridgehead atoms. The summed E-state index contributed by atoms with van der Waals surface area (Å²) in [6.45, 7) is 11.7. The topological polar surface area (TPSA) is 38.3 Å². The molecule has 1 aromatic carbocycles. The van der Waals surface area contributed by atoms with E-state index in [9.17, 15) is 4.79 Å². The molecule has 1 aromatic rings. The molecule has 0 unspecified atom stereocenters. The molecule has 1 amide bonds. The van der Waals surface area contributed by atoms with Gasteiger partial charge in [-0.05, 0) is 29.6 Å². The highest BCUT2D eigenvalue weighted by atomic mass is 28.4. The standard InChI is InChI=1S/C17H25NO2Si/c1-17(2,3)21(4,5)20-13-9-12-16(19)18-14-15-10-7-6-8-11-15/h6-8,10-11H,13-14H2,1-5H3,(H,18,19). The lowest BCUT2D eigenvalue weighted by Gasteiger charge is -2.35. The summed E-state index contributed by atoms with van der Waals surface area (Å²) in [6.07, 6.45) is 0. The Labute approximate surface area is 129 Å². The molecule has 114 valence electrons. The molecule has 0 aliphatic carbocycles. The van der Waals surface area contributed by atoms with Crippen LogP contribution in [-0.4, -0.2) is 20.8 Å². The first-order valence-corrected chi connectivity index (χ1v) is 10.1. The lowest BCUT2D eigenvalue weighted by molar-refractivity contribution is -0.115. The molecular formula is C17H25NO2Si. The van der Waals surface area contributed by atoms with E-state index in [-0.39, 0.29) is 10.9 Å². The van der Waals surface area contributed by atoms with E-state index >= 15 is 0 Å². The van der Waals surface area contributed by atoms with Gasteiger partial charge in [0.15, 0.2) is 8.32 Å². The number of nitrogens with one attached hydrogen (secondary N) is 1. The van der Waals surface area contributed by atoms with Crippen molar-refractivity contribution in [2.24, 2.45) is 0 Å². The molecule has 0 saturated heterocycles. The first kappa shape index (κ1) is 17.5. The second-order valence-electron chi connectivity index (χ2n) is 6.52. The van der Waals surface area contributed by atoms with Crippen molar-refractivity contribution >= 4 is 14.2 Å². The second kappa shape index (κ2) is 7.44. The third-order valence-electron chi connectivity index (χ3n) is 3.81. The Bertz CT molecular complexity index is 521. The normalized spacial score (nSPS) is 11.5. The van der Waals surface area contributed by atoms with E-state index in [0.29, 0.717) is 13.2 Å². The van der Waals surface area contributed by atoms with Crippen molar-refractivity contribution in [3.05, 3.63) is 35.9 Å². The first-order chi connectivity index (χ1) is 9.72. The molecule has 0 aromatic heterocycles. The van der Waals surface area contributed by atoms with E-state index in [0.717, 1.165) is 5.56 Å². The highest BCUT2D eigenvalue weighted by Gasteiger charge is 2.36. The van der Waals surface area contributed by atoms with Crippen molar-refractivity contribution in [1.82, 2.24) is 5.32 Å². The summed E-state index contributed by atoms with van der Waals surface area (Å²) in [5.74, 6) is 5.11. The van der Waals surface area contributed by atoms with Crippen molar-refractivity contribution in [3.8, 4) is 11.8 Å². The molecule has 0 spiro atoms. The van der Waals surface area contributed by atoms with E-state index in [2.05, 4.69) is 51.0 Å². The largest absolute Gasteiger partial charge is 0.406 e. The molecular weight excluding hydrogens is 278 g/mol. The van der Waals surface area contributed by atoms with Gasteiger partial charge in [0, 0.05) is 6.54 Å². The zero-order valence-electron chi connectivity index (χ0n) is 13.6. The fourth-order valence-corrected chi connectivity index (χ4v) is 2.24. The Morgan fingerprint density at radius 2 is 1.86 bits per heavy atom. The molecule has 1 rings (SSSR count). The van der Waals surface area contributed by atoms with Crippen LogP contribution in [0.5, 0.6) is 0 Å². The average molecular weight is 303 g/mol. The monoisotopic (exact) mass is 303 g/mol. The number of amides is 1. The van der Waals surface area contributed by atoms with Crippen molar-refractivity contribution < 1.29 is 9.22 Å². The number of rotatable bonds is 4. The van der Waals surface area contributed by atoms with Gasteiger partial charge in [-0.2, -0.15) is 0 Å². The molecule has 1 N–H and O–H groups in total. The Hall–Kier alpha value is -1.57. The Kier molecular flexibility index (Phi) is 6.19. The molecule has 0 saturated carbocycles. The zero-order valence-corrected chi connectivity index (χ0v) is 14.6. The van der Waals surface area contributed by atoms with Crippen molar-refractivity contribution in [2.45, 2.75) is 45.4 Å². The molecule has 0 aliphatic heterocycles. The quantitative estimate of drug-likeness (QED) is 0.684. The van der Waals surface area contributed by atoms with E-state index in [1.54, 1.807) is 0 Å². The number of hydrogen-bond acceptors (Lipinski definition) is 2. The minimum Gasteiger partial charge on any atom is -0.406 e. The summed E-state index contributed by atoms with van der Waals surface area (Å²) in [5, 5.41) is 2.93. The smallest absolute Gasteiger partial charge is 0.296 e. The fraction of sp³-hybridized carbons (Fsp3) is 0.471. The molecule has 3 nitrogen and oxygen atoms in total. The van der Waals surface area contributed by atoms with Gasteiger partial charge in [0.25, 0.3) is 5.91 Å². The second-order valence-corrected chi connectivity index (χ2v) is 11.3. The van der Waals surface area contributed by atoms with Gasteiger partial charge in [0.05, 0.1) is 6.61 Å². The Morgan fingerprint density at radius 1 is 1.24 bits per heavy atom. The molecule has 21 heavy (non-hydrogen) atoms. The van der Waals surface area contributed by atoms with Crippen LogP contribution in [0.1, 0.15) is 26.3 Å². The van der Waals surface area contributed by atoms with Crippen LogP contribution in [0.4, 0.5) is 0 Å². The fourth-order valence-electron chi connectivity index (χ4n) is 1.37. The highest BCUT2D eigenvalue weighted by Crippen LogP contribution is 2.36. The predicted molar refractivity (Wildman–Crippen MR) is 89.2 cm³/mol. The minimum absolute atomic E-state index is 0.157. The van der Waals surface area contributed by atoms with Crippen molar-refractivity contribution in [1.29, 1.82) is 0 Å². The predicted octanol–water partition coefficient (Wildman–Crippen LogP) is 3.33. The number of benzene rings is 1. The van der Waals surface area contributed by atoms with E-state index in [1.165, 1.54) is 0 Å². The lowest BCUT2D eigenvalue weighted by Crippen LogP contribution is -2.40. The maximum Gasteiger partial charge on any atom is 0.296 e. The SMILES string of the molecule is CC(C)(C)[Si](C)(C)OCC#CC(=O)NCc1ccccc1. The zero-order chi connectivity index (χ0) is 15.9. The van der Waals surface area contributed by atoms with E-state index < -0.39 is 8.32 Å². The summed E-state index contributed by atoms with van der Waals surface area (Å²) in [4.78, 5) is 11.6. The van der Waals surface area contributed by atoms with Crippen molar-refractivity contribution in [3.63, 3.8) is 0 Å². The van der Waals surface area contributed by atoms with Gasteiger partial charge in [-0.15, -0.1) is 0 Å². The summed E-state index contributed by atoms with van der Waals surface area (Å²) < 4.78 is 5.89. The number of carbonyl (C=O) groups is 1. The van der Waals surface area contributed by atoms with Gasteiger partial charge >= 0.3 is 0 Å². The molecule has 0 atom stereocenters. The summed E-state index contributed by atoms with van der Waals surface area (Å²) in [7, 11) is -1.78. The molecule has 0 radical (unpaired) electrons. The molecule has 0 heterocycles. The van der Waals surface area contributed by atoms with Crippen LogP contribution in [0.15, 0.2) is 30.3 Å². The highest BCUT2D eigenvalue weighted by molar-refractivity contribution is 6.74. The van der Waals surface area contributed by atoms with E-state index in [1.807, 2.05) is 30.3 Å². The number of carbonyl (C=O) groups excluding carboxylic acids is 1. The van der Waals surface area contributed by atoms with Gasteiger partial charge in [0.2, 0.25) is 0 Å². The molecule has 0 aliphatic rings. The molecule has 0 fully saturated rings. The van der Waals surface area contributed by atoms with Gasteiger partial charge < -0.3 is 9.74 Å².